The third-order valence-electron chi connectivity index (χ3n) is 3.49. The van der Waals surface area contributed by atoms with Crippen LogP contribution >= 0.6 is 23.5 Å². The molecule has 0 aromatic rings. The van der Waals surface area contributed by atoms with E-state index in [1.807, 2.05) is 0 Å². The van der Waals surface area contributed by atoms with E-state index in [1.54, 1.807) is 0 Å². The molecule has 2 nitrogen and oxygen atoms in total. The van der Waals surface area contributed by atoms with Gasteiger partial charge in [-0.3, -0.25) is 4.90 Å². The first-order valence-corrected chi connectivity index (χ1v) is 8.15. The Bertz CT molecular complexity index is 195. The third kappa shape index (κ3) is 3.05. The molecule has 2 aliphatic heterocycles. The number of rotatable bonds is 3. The minimum atomic E-state index is 0.656. The predicted octanol–water partition coefficient (Wildman–Crippen LogP) is 1.50. The largest absolute Gasteiger partial charge is 0.329 e. The van der Waals surface area contributed by atoms with Gasteiger partial charge in [0.05, 0.1) is 0 Å². The second kappa shape index (κ2) is 5.80. The molecule has 0 amide bonds. The van der Waals surface area contributed by atoms with Gasteiger partial charge in [-0.1, -0.05) is 6.92 Å². The summed E-state index contributed by atoms with van der Waals surface area (Å²) in [6.07, 6.45) is 1.38. The van der Waals surface area contributed by atoms with Crippen molar-refractivity contribution in [3.05, 3.63) is 0 Å². The Morgan fingerprint density at radius 3 is 2.93 bits per heavy atom. The van der Waals surface area contributed by atoms with E-state index in [0.717, 1.165) is 17.7 Å². The summed E-state index contributed by atoms with van der Waals surface area (Å²) in [4.78, 5) is 2.65. The van der Waals surface area contributed by atoms with Gasteiger partial charge in [-0.15, -0.1) is 0 Å². The lowest BCUT2D eigenvalue weighted by atomic mass is 9.97. The number of hydrogen-bond donors (Lipinski definition) is 1. The molecule has 0 saturated carbocycles. The SMILES string of the molecule is CC1CN(C(CN)C2CCSC2)CCS1. The zero-order chi connectivity index (χ0) is 10.7. The third-order valence-corrected chi connectivity index (χ3v) is 5.82. The Morgan fingerprint density at radius 2 is 2.33 bits per heavy atom. The van der Waals surface area contributed by atoms with Gasteiger partial charge in [0.15, 0.2) is 0 Å². The highest BCUT2D eigenvalue weighted by Gasteiger charge is 2.31. The van der Waals surface area contributed by atoms with Gasteiger partial charge in [0.1, 0.15) is 0 Å². The number of nitrogens with two attached hydrogens (primary N) is 1. The molecule has 2 saturated heterocycles. The summed E-state index contributed by atoms with van der Waals surface area (Å²) in [6, 6.07) is 0.656. The maximum atomic E-state index is 5.97. The van der Waals surface area contributed by atoms with Crippen molar-refractivity contribution in [3.63, 3.8) is 0 Å². The molecule has 0 aromatic carbocycles. The van der Waals surface area contributed by atoms with Gasteiger partial charge in [-0.05, 0) is 23.8 Å². The van der Waals surface area contributed by atoms with Crippen LogP contribution in [0.15, 0.2) is 0 Å². The lowest BCUT2D eigenvalue weighted by Gasteiger charge is -2.39. The van der Waals surface area contributed by atoms with E-state index in [4.69, 9.17) is 5.73 Å². The zero-order valence-corrected chi connectivity index (χ0v) is 11.2. The first-order valence-electron chi connectivity index (χ1n) is 5.94. The summed E-state index contributed by atoms with van der Waals surface area (Å²) >= 11 is 4.21. The van der Waals surface area contributed by atoms with Gasteiger partial charge in [-0.25, -0.2) is 0 Å². The van der Waals surface area contributed by atoms with Crippen LogP contribution in [0.25, 0.3) is 0 Å². The van der Waals surface area contributed by atoms with E-state index in [2.05, 4.69) is 35.3 Å². The molecule has 3 unspecified atom stereocenters. The summed E-state index contributed by atoms with van der Waals surface area (Å²) in [5, 5.41) is 0.793. The highest BCUT2D eigenvalue weighted by atomic mass is 32.2. The molecular formula is C11H22N2S2. The molecule has 0 aromatic heterocycles. The van der Waals surface area contributed by atoms with Crippen molar-refractivity contribution in [1.82, 2.24) is 4.90 Å². The fraction of sp³-hybridized carbons (Fsp3) is 1.00. The smallest absolute Gasteiger partial charge is 0.0255 e. The zero-order valence-electron chi connectivity index (χ0n) is 9.52. The molecule has 2 heterocycles. The first kappa shape index (κ1) is 12.1. The van der Waals surface area contributed by atoms with E-state index in [0.29, 0.717) is 6.04 Å². The monoisotopic (exact) mass is 246 g/mol. The van der Waals surface area contributed by atoms with Crippen molar-refractivity contribution in [2.45, 2.75) is 24.6 Å². The van der Waals surface area contributed by atoms with Crippen LogP contribution in [0.4, 0.5) is 0 Å². The Hall–Kier alpha value is 0.620. The average molecular weight is 246 g/mol. The van der Waals surface area contributed by atoms with Crippen molar-refractivity contribution < 1.29 is 0 Å². The van der Waals surface area contributed by atoms with E-state index < -0.39 is 0 Å². The lowest BCUT2D eigenvalue weighted by Crippen LogP contribution is -2.50. The maximum Gasteiger partial charge on any atom is 0.0255 e. The Balaban J connectivity index is 1.92. The molecule has 0 bridgehead atoms. The Kier molecular flexibility index (Phi) is 4.68. The van der Waals surface area contributed by atoms with Gasteiger partial charge >= 0.3 is 0 Å². The van der Waals surface area contributed by atoms with Crippen LogP contribution in [0.3, 0.4) is 0 Å². The van der Waals surface area contributed by atoms with Crippen LogP contribution in [-0.2, 0) is 0 Å². The predicted molar refractivity (Wildman–Crippen MR) is 71.8 cm³/mol. The molecule has 3 atom stereocenters. The molecule has 0 radical (unpaired) electrons. The number of nitrogens with zero attached hydrogens (tertiary/aromatic N) is 1. The second-order valence-corrected chi connectivity index (χ2v) is 7.30. The Labute approximate surface area is 102 Å². The molecular weight excluding hydrogens is 224 g/mol. The fourth-order valence-electron chi connectivity index (χ4n) is 2.64. The highest BCUT2D eigenvalue weighted by molar-refractivity contribution is 8.00. The van der Waals surface area contributed by atoms with E-state index in [-0.39, 0.29) is 0 Å². The lowest BCUT2D eigenvalue weighted by molar-refractivity contribution is 0.162. The molecule has 2 aliphatic rings. The van der Waals surface area contributed by atoms with Crippen molar-refractivity contribution in [2.24, 2.45) is 11.7 Å². The van der Waals surface area contributed by atoms with Crippen molar-refractivity contribution in [2.75, 3.05) is 36.9 Å². The molecule has 0 spiro atoms. The molecule has 0 aliphatic carbocycles. The van der Waals surface area contributed by atoms with Crippen LogP contribution < -0.4 is 5.73 Å². The Morgan fingerprint density at radius 1 is 1.47 bits per heavy atom. The minimum Gasteiger partial charge on any atom is -0.329 e. The van der Waals surface area contributed by atoms with Gasteiger partial charge in [-0.2, -0.15) is 23.5 Å². The first-order chi connectivity index (χ1) is 7.31. The summed E-state index contributed by atoms with van der Waals surface area (Å²) in [7, 11) is 0. The molecule has 2 N–H and O–H groups in total. The topological polar surface area (TPSA) is 29.3 Å². The molecule has 88 valence electrons. The maximum absolute atomic E-state index is 5.97. The summed E-state index contributed by atoms with van der Waals surface area (Å²) < 4.78 is 0. The van der Waals surface area contributed by atoms with Crippen LogP contribution in [-0.4, -0.2) is 53.1 Å². The molecule has 4 heteroatoms. The van der Waals surface area contributed by atoms with E-state index >= 15 is 0 Å². The molecule has 2 fully saturated rings. The van der Waals surface area contributed by atoms with Gasteiger partial charge in [0, 0.05) is 36.7 Å². The summed E-state index contributed by atoms with van der Waals surface area (Å²) in [5.74, 6) is 4.83. The van der Waals surface area contributed by atoms with Gasteiger partial charge in [0.2, 0.25) is 0 Å². The van der Waals surface area contributed by atoms with Crippen molar-refractivity contribution in [3.8, 4) is 0 Å². The summed E-state index contributed by atoms with van der Waals surface area (Å²) in [5.41, 5.74) is 5.97. The molecule has 15 heavy (non-hydrogen) atoms. The van der Waals surface area contributed by atoms with Crippen LogP contribution in [0, 0.1) is 5.92 Å². The number of hydrogen-bond acceptors (Lipinski definition) is 4. The highest BCUT2D eigenvalue weighted by Crippen LogP contribution is 2.30. The van der Waals surface area contributed by atoms with Crippen molar-refractivity contribution in [1.29, 1.82) is 0 Å². The minimum absolute atomic E-state index is 0.656. The normalized spacial score (nSPS) is 35.6. The van der Waals surface area contributed by atoms with Gasteiger partial charge in [0.25, 0.3) is 0 Å². The second-order valence-electron chi connectivity index (χ2n) is 4.60. The van der Waals surface area contributed by atoms with Crippen LogP contribution in [0.1, 0.15) is 13.3 Å². The van der Waals surface area contributed by atoms with E-state index in [1.165, 1.54) is 36.8 Å². The summed E-state index contributed by atoms with van der Waals surface area (Å²) in [6.45, 7) is 5.68. The fourth-order valence-corrected chi connectivity index (χ4v) is 5.01. The standard InChI is InChI=1S/C11H22N2S2/c1-9-7-13(3-5-15-9)11(6-12)10-2-4-14-8-10/h9-11H,2-8,12H2,1H3. The number of thioether (sulfide) groups is 2. The van der Waals surface area contributed by atoms with Crippen LogP contribution in [0.2, 0.25) is 0 Å². The van der Waals surface area contributed by atoms with Crippen molar-refractivity contribution >= 4 is 23.5 Å². The van der Waals surface area contributed by atoms with E-state index in [9.17, 15) is 0 Å². The van der Waals surface area contributed by atoms with Crippen LogP contribution in [0.5, 0.6) is 0 Å². The quantitative estimate of drug-likeness (QED) is 0.817. The molecule has 2 rings (SSSR count). The van der Waals surface area contributed by atoms with Gasteiger partial charge < -0.3 is 5.73 Å². The average Bonchev–Trinajstić information content (AvgIpc) is 2.72.